The van der Waals surface area contributed by atoms with E-state index in [0.29, 0.717) is 25.9 Å². The number of halogens is 1. The molecule has 0 radical (unpaired) electrons. The fourth-order valence-corrected chi connectivity index (χ4v) is 2.96. The molecule has 0 spiro atoms. The Bertz CT molecular complexity index is 565. The zero-order chi connectivity index (χ0) is 16.3. The van der Waals surface area contributed by atoms with Crippen LogP contribution < -0.4 is 0 Å². The highest BCUT2D eigenvalue weighted by molar-refractivity contribution is 9.10. The topological polar surface area (TPSA) is 46.6 Å². The average Bonchev–Trinajstić information content (AvgIpc) is 2.41. The summed E-state index contributed by atoms with van der Waals surface area (Å²) in [4.78, 5) is 26.0. The van der Waals surface area contributed by atoms with Gasteiger partial charge in [-0.05, 0) is 38.8 Å². The number of piperidine rings is 1. The lowest BCUT2D eigenvalue weighted by Crippen LogP contribution is -2.46. The van der Waals surface area contributed by atoms with Gasteiger partial charge in [-0.2, -0.15) is 0 Å². The molecule has 1 aliphatic heterocycles. The van der Waals surface area contributed by atoms with Crippen LogP contribution in [0.4, 0.5) is 4.79 Å². The largest absolute Gasteiger partial charge is 0.444 e. The number of ketones is 1. The first-order chi connectivity index (χ1) is 10.3. The van der Waals surface area contributed by atoms with Crippen LogP contribution in [-0.2, 0) is 16.0 Å². The van der Waals surface area contributed by atoms with Gasteiger partial charge in [0.25, 0.3) is 0 Å². The third kappa shape index (κ3) is 4.57. The first-order valence-corrected chi connectivity index (χ1v) is 8.29. The predicted molar refractivity (Wildman–Crippen MR) is 88.8 cm³/mol. The quantitative estimate of drug-likeness (QED) is 0.797. The van der Waals surface area contributed by atoms with Crippen LogP contribution in [-0.4, -0.2) is 35.5 Å². The van der Waals surface area contributed by atoms with Crippen molar-refractivity contribution in [3.8, 4) is 0 Å². The molecule has 5 heteroatoms. The third-order valence-electron chi connectivity index (χ3n) is 3.60. The number of Topliss-reactive ketones (excluding diaryl/α,β-unsaturated/α-hetero) is 1. The van der Waals surface area contributed by atoms with E-state index in [9.17, 15) is 9.59 Å². The summed E-state index contributed by atoms with van der Waals surface area (Å²) >= 11 is 3.51. The van der Waals surface area contributed by atoms with E-state index in [1.54, 1.807) is 4.90 Å². The molecule has 1 aliphatic rings. The molecule has 4 nitrogen and oxygen atoms in total. The summed E-state index contributed by atoms with van der Waals surface area (Å²) in [7, 11) is 0. The Morgan fingerprint density at radius 1 is 1.36 bits per heavy atom. The average molecular weight is 368 g/mol. The molecule has 1 aromatic carbocycles. The molecular formula is C17H22BrNO3. The fraction of sp³-hybridized carbons (Fsp3) is 0.529. The Kier molecular flexibility index (Phi) is 5.27. The summed E-state index contributed by atoms with van der Waals surface area (Å²) in [6.07, 6.45) is 0.700. The van der Waals surface area contributed by atoms with Crippen molar-refractivity contribution < 1.29 is 14.3 Å². The van der Waals surface area contributed by atoms with Crippen molar-refractivity contribution >= 4 is 27.8 Å². The van der Waals surface area contributed by atoms with Crippen LogP contribution in [0, 0.1) is 5.92 Å². The summed E-state index contributed by atoms with van der Waals surface area (Å²) in [6, 6.07) is 7.88. The van der Waals surface area contributed by atoms with Gasteiger partial charge in [0.2, 0.25) is 0 Å². The number of ether oxygens (including phenoxy) is 1. The van der Waals surface area contributed by atoms with E-state index >= 15 is 0 Å². The highest BCUT2D eigenvalue weighted by Gasteiger charge is 2.32. The molecule has 0 bridgehead atoms. The molecule has 1 heterocycles. The van der Waals surface area contributed by atoms with Crippen LogP contribution in [0.5, 0.6) is 0 Å². The maximum absolute atomic E-state index is 12.2. The molecule has 22 heavy (non-hydrogen) atoms. The highest BCUT2D eigenvalue weighted by Crippen LogP contribution is 2.24. The molecule has 1 fully saturated rings. The number of hydrogen-bond donors (Lipinski definition) is 0. The van der Waals surface area contributed by atoms with Crippen LogP contribution in [0.25, 0.3) is 0 Å². The van der Waals surface area contributed by atoms with E-state index < -0.39 is 5.60 Å². The fourth-order valence-electron chi connectivity index (χ4n) is 2.51. The molecule has 0 unspecified atom stereocenters. The van der Waals surface area contributed by atoms with Gasteiger partial charge >= 0.3 is 6.09 Å². The zero-order valence-electron chi connectivity index (χ0n) is 13.3. The molecule has 2 rings (SSSR count). The van der Waals surface area contributed by atoms with Crippen molar-refractivity contribution in [2.45, 2.75) is 39.2 Å². The number of rotatable bonds is 2. The summed E-state index contributed by atoms with van der Waals surface area (Å²) in [5.41, 5.74) is 0.572. The van der Waals surface area contributed by atoms with Gasteiger partial charge in [0.1, 0.15) is 11.4 Å². The Balaban J connectivity index is 2.04. The van der Waals surface area contributed by atoms with E-state index in [2.05, 4.69) is 15.9 Å². The van der Waals surface area contributed by atoms with Gasteiger partial charge in [-0.3, -0.25) is 4.79 Å². The van der Waals surface area contributed by atoms with Crippen molar-refractivity contribution in [2.24, 2.45) is 5.92 Å². The number of nitrogens with zero attached hydrogens (tertiary/aromatic N) is 1. The normalized spacial score (nSPS) is 19.2. The van der Waals surface area contributed by atoms with Gasteiger partial charge in [-0.15, -0.1) is 0 Å². The molecule has 0 aromatic heterocycles. The van der Waals surface area contributed by atoms with Crippen LogP contribution in [0.15, 0.2) is 28.7 Å². The number of benzene rings is 1. The van der Waals surface area contributed by atoms with E-state index in [0.717, 1.165) is 10.0 Å². The molecule has 120 valence electrons. The van der Waals surface area contributed by atoms with Crippen LogP contribution in [0.3, 0.4) is 0 Å². The monoisotopic (exact) mass is 367 g/mol. The van der Waals surface area contributed by atoms with Gasteiger partial charge in [-0.25, -0.2) is 4.79 Å². The van der Waals surface area contributed by atoms with Crippen LogP contribution in [0.2, 0.25) is 0 Å². The Labute approximate surface area is 140 Å². The number of amides is 1. The summed E-state index contributed by atoms with van der Waals surface area (Å²) in [5, 5.41) is 0. The van der Waals surface area contributed by atoms with Gasteiger partial charge in [0.15, 0.2) is 0 Å². The minimum atomic E-state index is -0.517. The highest BCUT2D eigenvalue weighted by atomic mass is 79.9. The summed E-state index contributed by atoms with van der Waals surface area (Å²) < 4.78 is 6.40. The lowest BCUT2D eigenvalue weighted by molar-refractivity contribution is -0.125. The van der Waals surface area contributed by atoms with Crippen molar-refractivity contribution in [2.75, 3.05) is 13.1 Å². The molecule has 1 aromatic rings. The van der Waals surface area contributed by atoms with Gasteiger partial charge in [0.05, 0.1) is 0 Å². The van der Waals surface area contributed by atoms with E-state index in [1.165, 1.54) is 0 Å². The first kappa shape index (κ1) is 17.0. The van der Waals surface area contributed by atoms with Gasteiger partial charge < -0.3 is 9.64 Å². The summed E-state index contributed by atoms with van der Waals surface area (Å²) in [5.74, 6) is 0.0514. The van der Waals surface area contributed by atoms with E-state index in [1.807, 2.05) is 45.0 Å². The second-order valence-corrected chi connectivity index (χ2v) is 7.49. The van der Waals surface area contributed by atoms with Gasteiger partial charge in [-0.1, -0.05) is 34.1 Å². The first-order valence-electron chi connectivity index (χ1n) is 7.50. The van der Waals surface area contributed by atoms with Crippen LogP contribution >= 0.6 is 15.9 Å². The number of carbonyl (C=O) groups excluding carboxylic acids is 2. The molecule has 1 amide bonds. The Hall–Kier alpha value is -1.36. The van der Waals surface area contributed by atoms with Crippen molar-refractivity contribution in [3.05, 3.63) is 34.3 Å². The molecule has 0 saturated carbocycles. The van der Waals surface area contributed by atoms with Crippen molar-refractivity contribution in [1.82, 2.24) is 4.90 Å². The van der Waals surface area contributed by atoms with Crippen molar-refractivity contribution in [1.29, 1.82) is 0 Å². The van der Waals surface area contributed by atoms with E-state index in [4.69, 9.17) is 4.74 Å². The maximum atomic E-state index is 12.2. The predicted octanol–water partition coefficient (Wildman–Crippen LogP) is 3.82. The molecule has 0 N–H and O–H groups in total. The zero-order valence-corrected chi connectivity index (χ0v) is 14.9. The minimum absolute atomic E-state index is 0.167. The number of hydrogen-bond acceptors (Lipinski definition) is 3. The minimum Gasteiger partial charge on any atom is -0.444 e. The summed E-state index contributed by atoms with van der Waals surface area (Å²) in [6.45, 7) is 6.41. The molecule has 1 atom stereocenters. The second kappa shape index (κ2) is 6.82. The smallest absolute Gasteiger partial charge is 0.410 e. The van der Waals surface area contributed by atoms with Gasteiger partial charge in [0, 0.05) is 29.9 Å². The molecular weight excluding hydrogens is 346 g/mol. The lowest BCUT2D eigenvalue weighted by Gasteiger charge is -2.33. The molecule has 1 saturated heterocycles. The van der Waals surface area contributed by atoms with E-state index in [-0.39, 0.29) is 17.8 Å². The third-order valence-corrected chi connectivity index (χ3v) is 4.37. The lowest BCUT2D eigenvalue weighted by atomic mass is 9.90. The SMILES string of the molecule is CC(C)(C)OC(=O)N1CCC(=O)[C@H](Cc2ccccc2Br)C1. The molecule has 0 aliphatic carbocycles. The standard InChI is InChI=1S/C17H22BrNO3/c1-17(2,3)22-16(21)19-9-8-15(20)13(11-19)10-12-6-4-5-7-14(12)18/h4-7,13H,8-11H2,1-3H3/t13-/m1/s1. The second-order valence-electron chi connectivity index (χ2n) is 6.64. The van der Waals surface area contributed by atoms with Crippen molar-refractivity contribution in [3.63, 3.8) is 0 Å². The maximum Gasteiger partial charge on any atom is 0.410 e. The number of carbonyl (C=O) groups is 2. The Morgan fingerprint density at radius 3 is 2.68 bits per heavy atom. The Morgan fingerprint density at radius 2 is 2.05 bits per heavy atom. The number of likely N-dealkylation sites (tertiary alicyclic amines) is 1. The van der Waals surface area contributed by atoms with Crippen LogP contribution in [0.1, 0.15) is 32.8 Å².